The number of aromatic nitrogens is 3. The monoisotopic (exact) mass is 333 g/mol. The van der Waals surface area contributed by atoms with E-state index in [1.54, 1.807) is 0 Å². The Balaban J connectivity index is 1.65. The fraction of sp³-hybridized carbons (Fsp3) is 0.647. The fourth-order valence-corrected chi connectivity index (χ4v) is 3.21. The number of rotatable bonds is 7. The van der Waals surface area contributed by atoms with Crippen molar-refractivity contribution in [2.45, 2.75) is 25.9 Å². The molecule has 0 saturated carbocycles. The van der Waals surface area contributed by atoms with Crippen molar-refractivity contribution in [3.8, 4) is 0 Å². The van der Waals surface area contributed by atoms with Crippen LogP contribution in [-0.2, 0) is 24.9 Å². The molecule has 0 fully saturated rings. The van der Waals surface area contributed by atoms with Crippen molar-refractivity contribution < 1.29 is 9.15 Å². The van der Waals surface area contributed by atoms with Crippen molar-refractivity contribution in [3.05, 3.63) is 35.0 Å². The largest absolute Gasteiger partial charge is 0.465 e. The first-order valence-corrected chi connectivity index (χ1v) is 8.41. The maximum absolute atomic E-state index is 5.91. The Hall–Kier alpha value is -1.70. The topological polar surface area (TPSA) is 59.6 Å². The third-order valence-electron chi connectivity index (χ3n) is 4.36. The molecule has 0 spiro atoms. The Bertz CT molecular complexity index is 664. The van der Waals surface area contributed by atoms with E-state index in [1.807, 2.05) is 30.8 Å². The van der Waals surface area contributed by atoms with Gasteiger partial charge in [-0.1, -0.05) is 5.21 Å². The molecule has 0 saturated heterocycles. The van der Waals surface area contributed by atoms with Crippen LogP contribution in [0.25, 0.3) is 0 Å². The molecule has 24 heavy (non-hydrogen) atoms. The molecule has 3 rings (SSSR count). The highest BCUT2D eigenvalue weighted by Crippen LogP contribution is 2.28. The molecule has 1 atom stereocenters. The van der Waals surface area contributed by atoms with Gasteiger partial charge in [-0.05, 0) is 33.2 Å². The first-order valence-electron chi connectivity index (χ1n) is 8.41. The van der Waals surface area contributed by atoms with Gasteiger partial charge in [0.1, 0.15) is 17.2 Å². The van der Waals surface area contributed by atoms with Gasteiger partial charge in [-0.25, -0.2) is 0 Å². The van der Waals surface area contributed by atoms with E-state index in [2.05, 4.69) is 34.2 Å². The maximum atomic E-state index is 5.91. The Morgan fingerprint density at radius 1 is 1.38 bits per heavy atom. The number of furan rings is 1. The molecule has 0 aliphatic carbocycles. The van der Waals surface area contributed by atoms with Gasteiger partial charge in [-0.15, -0.1) is 5.10 Å². The van der Waals surface area contributed by atoms with Crippen LogP contribution in [0.3, 0.4) is 0 Å². The number of ether oxygens (including phenoxy) is 1. The minimum absolute atomic E-state index is 0.284. The van der Waals surface area contributed by atoms with Crippen molar-refractivity contribution >= 4 is 0 Å². The summed E-state index contributed by atoms with van der Waals surface area (Å²) in [4.78, 5) is 4.48. The molecule has 1 unspecified atom stereocenters. The molecule has 0 N–H and O–H groups in total. The van der Waals surface area contributed by atoms with Crippen LogP contribution in [0.15, 0.2) is 16.5 Å². The third kappa shape index (κ3) is 4.03. The molecule has 1 aliphatic rings. The summed E-state index contributed by atoms with van der Waals surface area (Å²) in [5, 5.41) is 8.54. The summed E-state index contributed by atoms with van der Waals surface area (Å²) < 4.78 is 13.5. The molecule has 0 radical (unpaired) electrons. The summed E-state index contributed by atoms with van der Waals surface area (Å²) in [7, 11) is 6.07. The highest BCUT2D eigenvalue weighted by atomic mass is 16.5. The minimum atomic E-state index is 0.284. The highest BCUT2D eigenvalue weighted by Gasteiger charge is 2.30. The fourth-order valence-electron chi connectivity index (χ4n) is 3.21. The zero-order valence-electron chi connectivity index (χ0n) is 15.0. The smallest absolute Gasteiger partial charge is 0.118 e. The van der Waals surface area contributed by atoms with Crippen molar-refractivity contribution in [2.24, 2.45) is 7.05 Å². The molecule has 7 heteroatoms. The summed E-state index contributed by atoms with van der Waals surface area (Å²) >= 11 is 0. The Kier molecular flexibility index (Phi) is 5.33. The second-order valence-corrected chi connectivity index (χ2v) is 6.80. The molecule has 3 heterocycles. The second kappa shape index (κ2) is 7.46. The van der Waals surface area contributed by atoms with Crippen LogP contribution in [0, 0.1) is 6.92 Å². The van der Waals surface area contributed by atoms with Crippen molar-refractivity contribution in [1.29, 1.82) is 0 Å². The number of nitrogens with zero attached hydrogens (tertiary/aromatic N) is 5. The first-order chi connectivity index (χ1) is 11.5. The van der Waals surface area contributed by atoms with Gasteiger partial charge in [0.15, 0.2) is 0 Å². The maximum Gasteiger partial charge on any atom is 0.118 e. The standard InChI is InChI=1S/C17H27N5O2/c1-13-5-6-15(24-13)10-22-9-14(12-23-8-7-20(2)3)17-16(11-22)18-19-21(17)4/h5-6,14H,7-12H2,1-4H3. The Morgan fingerprint density at radius 2 is 2.21 bits per heavy atom. The van der Waals surface area contributed by atoms with Crippen LogP contribution in [-0.4, -0.2) is 65.2 Å². The van der Waals surface area contributed by atoms with Gasteiger partial charge in [-0.2, -0.15) is 0 Å². The van der Waals surface area contributed by atoms with E-state index in [0.29, 0.717) is 6.61 Å². The lowest BCUT2D eigenvalue weighted by molar-refractivity contribution is 0.0819. The quantitative estimate of drug-likeness (QED) is 0.714. The average Bonchev–Trinajstić information content (AvgIpc) is 3.10. The lowest BCUT2D eigenvalue weighted by Crippen LogP contribution is -2.36. The zero-order chi connectivity index (χ0) is 17.1. The molecule has 0 bridgehead atoms. The van der Waals surface area contributed by atoms with E-state index in [0.717, 1.165) is 50.0 Å². The van der Waals surface area contributed by atoms with Crippen LogP contribution in [0.1, 0.15) is 28.8 Å². The molecule has 0 amide bonds. The Labute approximate surface area is 143 Å². The molecule has 7 nitrogen and oxygen atoms in total. The molecule has 1 aliphatic heterocycles. The van der Waals surface area contributed by atoms with Crippen molar-refractivity contribution in [3.63, 3.8) is 0 Å². The van der Waals surface area contributed by atoms with Gasteiger partial charge in [-0.3, -0.25) is 9.58 Å². The van der Waals surface area contributed by atoms with E-state index < -0.39 is 0 Å². The number of fused-ring (bicyclic) bond motifs is 1. The highest BCUT2D eigenvalue weighted by molar-refractivity contribution is 5.20. The molecular weight excluding hydrogens is 306 g/mol. The normalized spacial score (nSPS) is 18.3. The van der Waals surface area contributed by atoms with Crippen LogP contribution in [0.5, 0.6) is 0 Å². The number of likely N-dealkylation sites (N-methyl/N-ethyl adjacent to an activating group) is 1. The second-order valence-electron chi connectivity index (χ2n) is 6.80. The van der Waals surface area contributed by atoms with Gasteiger partial charge < -0.3 is 14.1 Å². The van der Waals surface area contributed by atoms with E-state index in [-0.39, 0.29) is 5.92 Å². The summed E-state index contributed by atoms with van der Waals surface area (Å²) in [6.07, 6.45) is 0. The number of hydrogen-bond acceptors (Lipinski definition) is 6. The molecule has 2 aromatic rings. The summed E-state index contributed by atoms with van der Waals surface area (Å²) in [5.74, 6) is 2.23. The third-order valence-corrected chi connectivity index (χ3v) is 4.36. The van der Waals surface area contributed by atoms with E-state index in [9.17, 15) is 0 Å². The van der Waals surface area contributed by atoms with Gasteiger partial charge in [0.25, 0.3) is 0 Å². The minimum Gasteiger partial charge on any atom is -0.465 e. The SMILES string of the molecule is Cc1ccc(CN2Cc3nnn(C)c3C(COCCN(C)C)C2)o1. The predicted octanol–water partition coefficient (Wildman–Crippen LogP) is 1.39. The average molecular weight is 333 g/mol. The number of aryl methyl sites for hydroxylation is 2. The molecule has 2 aromatic heterocycles. The van der Waals surface area contributed by atoms with E-state index in [4.69, 9.17) is 9.15 Å². The summed E-state index contributed by atoms with van der Waals surface area (Å²) in [6.45, 7) is 6.85. The molecule has 132 valence electrons. The van der Waals surface area contributed by atoms with E-state index in [1.165, 1.54) is 5.69 Å². The van der Waals surface area contributed by atoms with Gasteiger partial charge in [0.05, 0.1) is 25.5 Å². The van der Waals surface area contributed by atoms with Crippen molar-refractivity contribution in [2.75, 3.05) is 40.4 Å². The van der Waals surface area contributed by atoms with Gasteiger partial charge >= 0.3 is 0 Å². The lowest BCUT2D eigenvalue weighted by Gasteiger charge is -2.31. The summed E-state index contributed by atoms with van der Waals surface area (Å²) in [5.41, 5.74) is 2.25. The van der Waals surface area contributed by atoms with Gasteiger partial charge in [0, 0.05) is 32.6 Å². The first kappa shape index (κ1) is 17.1. The van der Waals surface area contributed by atoms with Crippen molar-refractivity contribution in [1.82, 2.24) is 24.8 Å². The predicted molar refractivity (Wildman–Crippen MR) is 90.7 cm³/mol. The van der Waals surface area contributed by atoms with Gasteiger partial charge in [0.2, 0.25) is 0 Å². The molecular formula is C17H27N5O2. The Morgan fingerprint density at radius 3 is 2.92 bits per heavy atom. The van der Waals surface area contributed by atoms with Crippen LogP contribution < -0.4 is 0 Å². The van der Waals surface area contributed by atoms with Crippen LogP contribution >= 0.6 is 0 Å². The van der Waals surface area contributed by atoms with E-state index >= 15 is 0 Å². The zero-order valence-corrected chi connectivity index (χ0v) is 15.0. The van der Waals surface area contributed by atoms with Crippen LogP contribution in [0.4, 0.5) is 0 Å². The number of hydrogen-bond donors (Lipinski definition) is 0. The summed E-state index contributed by atoms with van der Waals surface area (Å²) in [6, 6.07) is 4.05. The van der Waals surface area contributed by atoms with Crippen LogP contribution in [0.2, 0.25) is 0 Å². The lowest BCUT2D eigenvalue weighted by atomic mass is 9.99. The molecule has 0 aromatic carbocycles.